The minimum atomic E-state index is -4.73. The molecule has 2 heterocycles. The number of nitrogens with zero attached hydrogens (tertiary/aromatic N) is 3. The van der Waals surface area contributed by atoms with Crippen molar-refractivity contribution in [2.45, 2.75) is 64.2 Å². The van der Waals surface area contributed by atoms with E-state index in [1.54, 1.807) is 12.1 Å². The van der Waals surface area contributed by atoms with Gasteiger partial charge in [-0.15, -0.1) is 0 Å². The lowest BCUT2D eigenvalue weighted by molar-refractivity contribution is -0.243. The Balaban J connectivity index is 1.97. The second-order valence-corrected chi connectivity index (χ2v) is 9.01. The standard InChI is InChI=1S/C22H25BrF5N3O2/c1-20(2,22(26,27)28)33-19(32)31(18-13-16(23)10-11-29-18)12-6-4-5-7-17-9-8-15(14-30-17)21(3,24)25/h8-11,13-14H,4-7,12H2,1-3H3. The van der Waals surface area contributed by atoms with Gasteiger partial charge in [-0.25, -0.2) is 18.6 Å². The smallest absolute Gasteiger partial charge is 0.427 e. The second-order valence-electron chi connectivity index (χ2n) is 8.10. The third kappa shape index (κ3) is 7.90. The summed E-state index contributed by atoms with van der Waals surface area (Å²) in [6, 6.07) is 6.01. The molecule has 0 aromatic carbocycles. The summed E-state index contributed by atoms with van der Waals surface area (Å²) < 4.78 is 71.4. The molecule has 1 amide bonds. The number of anilines is 1. The van der Waals surface area contributed by atoms with E-state index in [2.05, 4.69) is 25.9 Å². The highest BCUT2D eigenvalue weighted by molar-refractivity contribution is 9.10. The number of rotatable bonds is 9. The summed E-state index contributed by atoms with van der Waals surface area (Å²) in [5, 5.41) is 0. The zero-order valence-corrected chi connectivity index (χ0v) is 20.0. The van der Waals surface area contributed by atoms with Crippen molar-refractivity contribution in [2.75, 3.05) is 11.4 Å². The molecule has 11 heteroatoms. The highest BCUT2D eigenvalue weighted by Gasteiger charge is 2.51. The summed E-state index contributed by atoms with van der Waals surface area (Å²) in [5.74, 6) is -2.80. The van der Waals surface area contributed by atoms with Crippen LogP contribution in [-0.4, -0.2) is 34.4 Å². The van der Waals surface area contributed by atoms with Gasteiger partial charge in [0, 0.05) is 41.6 Å². The Morgan fingerprint density at radius 3 is 2.27 bits per heavy atom. The quantitative estimate of drug-likeness (QED) is 0.254. The molecule has 182 valence electrons. The van der Waals surface area contributed by atoms with Gasteiger partial charge < -0.3 is 4.74 Å². The van der Waals surface area contributed by atoms with E-state index >= 15 is 0 Å². The van der Waals surface area contributed by atoms with Gasteiger partial charge in [-0.05, 0) is 57.4 Å². The third-order valence-corrected chi connectivity index (χ3v) is 5.37. The monoisotopic (exact) mass is 537 g/mol. The number of ether oxygens (including phenoxy) is 1. The first-order chi connectivity index (χ1) is 15.2. The molecular weight excluding hydrogens is 513 g/mol. The Hall–Kier alpha value is -2.30. The summed E-state index contributed by atoms with van der Waals surface area (Å²) in [5.41, 5.74) is -2.18. The van der Waals surface area contributed by atoms with E-state index in [0.717, 1.165) is 31.9 Å². The fraction of sp³-hybridized carbons (Fsp3) is 0.500. The molecular formula is C22H25BrF5N3O2. The summed E-state index contributed by atoms with van der Waals surface area (Å²) in [4.78, 5) is 21.8. The molecule has 0 saturated heterocycles. The molecule has 0 spiro atoms. The minimum Gasteiger partial charge on any atom is -0.433 e. The molecule has 0 aliphatic carbocycles. The van der Waals surface area contributed by atoms with E-state index in [4.69, 9.17) is 4.74 Å². The van der Waals surface area contributed by atoms with E-state index in [0.29, 0.717) is 35.8 Å². The van der Waals surface area contributed by atoms with E-state index in [1.807, 2.05) is 0 Å². The van der Waals surface area contributed by atoms with E-state index in [-0.39, 0.29) is 17.9 Å². The molecule has 2 aromatic heterocycles. The normalized spacial score (nSPS) is 12.5. The van der Waals surface area contributed by atoms with Crippen LogP contribution in [0.5, 0.6) is 0 Å². The van der Waals surface area contributed by atoms with Gasteiger partial charge in [0.05, 0.1) is 0 Å². The number of aryl methyl sites for hydroxylation is 1. The van der Waals surface area contributed by atoms with Crippen molar-refractivity contribution in [1.82, 2.24) is 9.97 Å². The van der Waals surface area contributed by atoms with Crippen LogP contribution in [0.25, 0.3) is 0 Å². The molecule has 5 nitrogen and oxygen atoms in total. The van der Waals surface area contributed by atoms with Crippen molar-refractivity contribution in [2.24, 2.45) is 0 Å². The van der Waals surface area contributed by atoms with Crippen LogP contribution >= 0.6 is 15.9 Å². The predicted octanol–water partition coefficient (Wildman–Crippen LogP) is 7.05. The SMILES string of the molecule is CC(F)(F)c1ccc(CCCCCN(C(=O)OC(C)(C)C(F)(F)F)c2cc(Br)ccn2)nc1. The fourth-order valence-corrected chi connectivity index (χ4v) is 3.08. The topological polar surface area (TPSA) is 55.3 Å². The van der Waals surface area contributed by atoms with Crippen molar-refractivity contribution in [3.05, 3.63) is 52.4 Å². The van der Waals surface area contributed by atoms with Crippen LogP contribution in [0.4, 0.5) is 32.6 Å². The Morgan fingerprint density at radius 2 is 1.73 bits per heavy atom. The number of carbonyl (C=O) groups excluding carboxylic acids is 1. The van der Waals surface area contributed by atoms with Gasteiger partial charge in [0.2, 0.25) is 5.60 Å². The van der Waals surface area contributed by atoms with Gasteiger partial charge in [0.1, 0.15) is 5.82 Å². The minimum absolute atomic E-state index is 0.0879. The predicted molar refractivity (Wildman–Crippen MR) is 117 cm³/mol. The number of pyridine rings is 2. The molecule has 0 bridgehead atoms. The summed E-state index contributed by atoms with van der Waals surface area (Å²) in [6.07, 6.45) is -1.05. The number of carbonyl (C=O) groups is 1. The van der Waals surface area contributed by atoms with Crippen LogP contribution in [-0.2, 0) is 17.1 Å². The highest BCUT2D eigenvalue weighted by atomic mass is 79.9. The maximum Gasteiger partial charge on any atom is 0.427 e. The fourth-order valence-electron chi connectivity index (χ4n) is 2.76. The summed E-state index contributed by atoms with van der Waals surface area (Å²) in [6.45, 7) is 2.45. The van der Waals surface area contributed by atoms with Gasteiger partial charge >= 0.3 is 12.3 Å². The Kier molecular flexibility index (Phi) is 8.78. The number of unbranched alkanes of at least 4 members (excludes halogenated alkanes) is 2. The molecule has 0 unspecified atom stereocenters. The van der Waals surface area contributed by atoms with E-state index in [9.17, 15) is 26.7 Å². The van der Waals surface area contributed by atoms with Crippen LogP contribution in [0.1, 0.15) is 51.3 Å². The molecule has 0 radical (unpaired) electrons. The molecule has 0 aliphatic heterocycles. The zero-order chi connectivity index (χ0) is 24.9. The highest BCUT2D eigenvalue weighted by Crippen LogP contribution is 2.34. The molecule has 0 N–H and O–H groups in total. The third-order valence-electron chi connectivity index (χ3n) is 4.88. The van der Waals surface area contributed by atoms with Crippen molar-refractivity contribution in [3.8, 4) is 0 Å². The first kappa shape index (κ1) is 26.9. The average molecular weight is 538 g/mol. The number of aromatic nitrogens is 2. The Labute approximate surface area is 197 Å². The van der Waals surface area contributed by atoms with E-state index < -0.39 is 23.8 Å². The van der Waals surface area contributed by atoms with Gasteiger partial charge in [-0.1, -0.05) is 22.4 Å². The Bertz CT molecular complexity index is 931. The van der Waals surface area contributed by atoms with Crippen LogP contribution < -0.4 is 4.90 Å². The van der Waals surface area contributed by atoms with Gasteiger partial charge in [0.15, 0.2) is 0 Å². The number of halogens is 6. The average Bonchev–Trinajstić information content (AvgIpc) is 2.69. The number of alkyl halides is 5. The maximum atomic E-state index is 13.3. The van der Waals surface area contributed by atoms with Crippen molar-refractivity contribution in [3.63, 3.8) is 0 Å². The number of hydrogen-bond donors (Lipinski definition) is 0. The second kappa shape index (κ2) is 10.8. The lowest BCUT2D eigenvalue weighted by Gasteiger charge is -2.31. The lowest BCUT2D eigenvalue weighted by Crippen LogP contribution is -2.47. The molecule has 0 atom stereocenters. The maximum absolute atomic E-state index is 13.3. The van der Waals surface area contributed by atoms with Crippen molar-refractivity contribution >= 4 is 27.8 Å². The van der Waals surface area contributed by atoms with Gasteiger partial charge in [-0.3, -0.25) is 9.88 Å². The molecule has 33 heavy (non-hydrogen) atoms. The first-order valence-electron chi connectivity index (χ1n) is 10.2. The Morgan fingerprint density at radius 1 is 1.03 bits per heavy atom. The zero-order valence-electron chi connectivity index (χ0n) is 18.4. The van der Waals surface area contributed by atoms with Crippen molar-refractivity contribution < 1.29 is 31.5 Å². The number of hydrogen-bond acceptors (Lipinski definition) is 4. The van der Waals surface area contributed by atoms with Crippen LogP contribution in [0, 0.1) is 0 Å². The summed E-state index contributed by atoms with van der Waals surface area (Å²) in [7, 11) is 0. The largest absolute Gasteiger partial charge is 0.433 e. The van der Waals surface area contributed by atoms with Crippen LogP contribution in [0.3, 0.4) is 0 Å². The first-order valence-corrected chi connectivity index (χ1v) is 11.0. The summed E-state index contributed by atoms with van der Waals surface area (Å²) >= 11 is 3.26. The van der Waals surface area contributed by atoms with Gasteiger partial charge in [-0.2, -0.15) is 13.2 Å². The molecule has 2 rings (SSSR count). The number of amides is 1. The molecule has 2 aromatic rings. The molecule has 0 aliphatic rings. The van der Waals surface area contributed by atoms with Crippen molar-refractivity contribution in [1.29, 1.82) is 0 Å². The lowest BCUT2D eigenvalue weighted by atomic mass is 10.1. The van der Waals surface area contributed by atoms with Crippen LogP contribution in [0.15, 0.2) is 41.1 Å². The molecule has 0 fully saturated rings. The van der Waals surface area contributed by atoms with Crippen LogP contribution in [0.2, 0.25) is 0 Å². The van der Waals surface area contributed by atoms with E-state index in [1.165, 1.54) is 18.3 Å². The molecule has 0 saturated carbocycles. The van der Waals surface area contributed by atoms with Gasteiger partial charge in [0.25, 0.3) is 5.92 Å².